The van der Waals surface area contributed by atoms with Gasteiger partial charge >= 0.3 is 0 Å². The van der Waals surface area contributed by atoms with Crippen LogP contribution < -0.4 is 5.73 Å². The van der Waals surface area contributed by atoms with Crippen LogP contribution in [0.2, 0.25) is 0 Å². The summed E-state index contributed by atoms with van der Waals surface area (Å²) in [6.45, 7) is 5.90. The third-order valence-electron chi connectivity index (χ3n) is 3.94. The van der Waals surface area contributed by atoms with E-state index in [2.05, 4.69) is 13.8 Å². The number of amides is 1. The van der Waals surface area contributed by atoms with Gasteiger partial charge in [-0.1, -0.05) is 26.0 Å². The van der Waals surface area contributed by atoms with Crippen LogP contribution in [0.5, 0.6) is 0 Å². The van der Waals surface area contributed by atoms with Crippen LogP contribution in [0, 0.1) is 5.92 Å². The lowest BCUT2D eigenvalue weighted by Gasteiger charge is -2.28. The summed E-state index contributed by atoms with van der Waals surface area (Å²) in [7, 11) is 0. The van der Waals surface area contributed by atoms with Gasteiger partial charge in [-0.25, -0.2) is 0 Å². The van der Waals surface area contributed by atoms with Crippen molar-refractivity contribution in [3.63, 3.8) is 0 Å². The minimum Gasteiger partial charge on any atom is -0.335 e. The van der Waals surface area contributed by atoms with E-state index in [9.17, 15) is 4.79 Å². The van der Waals surface area contributed by atoms with Crippen LogP contribution in [0.4, 0.5) is 0 Å². The second kappa shape index (κ2) is 6.20. The largest absolute Gasteiger partial charge is 0.335 e. The molecule has 104 valence electrons. The van der Waals surface area contributed by atoms with E-state index in [0.29, 0.717) is 18.5 Å². The fourth-order valence-electron chi connectivity index (χ4n) is 2.93. The summed E-state index contributed by atoms with van der Waals surface area (Å²) in [6.07, 6.45) is 3.08. The van der Waals surface area contributed by atoms with Gasteiger partial charge in [-0.15, -0.1) is 0 Å². The highest BCUT2D eigenvalue weighted by molar-refractivity contribution is 5.94. The maximum Gasteiger partial charge on any atom is 0.254 e. The van der Waals surface area contributed by atoms with Crippen LogP contribution in [0.3, 0.4) is 0 Å². The molecule has 3 heteroatoms. The summed E-state index contributed by atoms with van der Waals surface area (Å²) in [4.78, 5) is 14.7. The number of rotatable bonds is 4. The average molecular weight is 260 g/mol. The van der Waals surface area contributed by atoms with Crippen LogP contribution >= 0.6 is 0 Å². The third kappa shape index (κ3) is 3.16. The Kier molecular flexibility index (Phi) is 4.59. The lowest BCUT2D eigenvalue weighted by molar-refractivity contribution is 0.0701. The maximum atomic E-state index is 12.6. The van der Waals surface area contributed by atoms with Crippen molar-refractivity contribution in [3.05, 3.63) is 35.4 Å². The lowest BCUT2D eigenvalue weighted by atomic mass is 10.0. The Morgan fingerprint density at radius 1 is 1.47 bits per heavy atom. The highest BCUT2D eigenvalue weighted by Gasteiger charge is 2.31. The minimum absolute atomic E-state index is 0.176. The van der Waals surface area contributed by atoms with Gasteiger partial charge < -0.3 is 10.6 Å². The zero-order chi connectivity index (χ0) is 13.8. The van der Waals surface area contributed by atoms with Crippen LogP contribution in [-0.4, -0.2) is 29.9 Å². The fourth-order valence-corrected chi connectivity index (χ4v) is 2.93. The van der Waals surface area contributed by atoms with Gasteiger partial charge in [-0.2, -0.15) is 0 Å². The molecule has 1 saturated heterocycles. The van der Waals surface area contributed by atoms with Gasteiger partial charge in [0.05, 0.1) is 0 Å². The predicted molar refractivity (Wildman–Crippen MR) is 78.1 cm³/mol. The molecule has 3 nitrogen and oxygen atoms in total. The third-order valence-corrected chi connectivity index (χ3v) is 3.94. The van der Waals surface area contributed by atoms with E-state index in [4.69, 9.17) is 5.73 Å². The van der Waals surface area contributed by atoms with Crippen molar-refractivity contribution in [1.82, 2.24) is 4.90 Å². The molecule has 0 aliphatic carbocycles. The number of hydrogen-bond acceptors (Lipinski definition) is 2. The molecule has 19 heavy (non-hydrogen) atoms. The Morgan fingerprint density at radius 2 is 2.26 bits per heavy atom. The zero-order valence-electron chi connectivity index (χ0n) is 11.9. The molecular formula is C16H24N2O. The second-order valence-electron chi connectivity index (χ2n) is 5.69. The first kappa shape index (κ1) is 14.1. The Labute approximate surface area is 115 Å². The number of nitrogens with two attached hydrogens (primary N) is 1. The number of hydrogen-bond donors (Lipinski definition) is 1. The standard InChI is InChI=1S/C16H24N2O/c1-12(2)15-7-4-10-18(15)16(19)14-6-3-5-13(11-14)8-9-17/h3,5-6,11-12,15H,4,7-10,17H2,1-2H3. The predicted octanol–water partition coefficient (Wildman–Crippen LogP) is 2.45. The highest BCUT2D eigenvalue weighted by atomic mass is 16.2. The molecule has 0 saturated carbocycles. The van der Waals surface area contributed by atoms with Crippen molar-refractivity contribution in [1.29, 1.82) is 0 Å². The van der Waals surface area contributed by atoms with Crippen LogP contribution in [0.15, 0.2) is 24.3 Å². The number of nitrogens with zero attached hydrogens (tertiary/aromatic N) is 1. The molecule has 1 atom stereocenters. The quantitative estimate of drug-likeness (QED) is 0.904. The molecule has 1 heterocycles. The molecule has 1 aliphatic rings. The molecule has 2 rings (SSSR count). The molecular weight excluding hydrogens is 236 g/mol. The van der Waals surface area contributed by atoms with E-state index in [1.165, 1.54) is 0 Å². The monoisotopic (exact) mass is 260 g/mol. The van der Waals surface area contributed by atoms with E-state index >= 15 is 0 Å². The van der Waals surface area contributed by atoms with Gasteiger partial charge in [0.2, 0.25) is 0 Å². The smallest absolute Gasteiger partial charge is 0.254 e. The van der Waals surface area contributed by atoms with E-state index in [-0.39, 0.29) is 5.91 Å². The first-order valence-electron chi connectivity index (χ1n) is 7.23. The van der Waals surface area contributed by atoms with Gasteiger partial charge in [0, 0.05) is 18.2 Å². The van der Waals surface area contributed by atoms with Gasteiger partial charge in [-0.05, 0) is 49.4 Å². The van der Waals surface area contributed by atoms with Gasteiger partial charge in [0.15, 0.2) is 0 Å². The Bertz CT molecular complexity index is 442. The fraction of sp³-hybridized carbons (Fsp3) is 0.562. The summed E-state index contributed by atoms with van der Waals surface area (Å²) < 4.78 is 0. The van der Waals surface area contributed by atoms with Crippen molar-refractivity contribution in [2.75, 3.05) is 13.1 Å². The molecule has 0 bridgehead atoms. The van der Waals surface area contributed by atoms with Gasteiger partial charge in [0.1, 0.15) is 0 Å². The molecule has 1 aromatic rings. The summed E-state index contributed by atoms with van der Waals surface area (Å²) in [6, 6.07) is 8.29. The molecule has 2 N–H and O–H groups in total. The zero-order valence-corrected chi connectivity index (χ0v) is 11.9. The van der Waals surface area contributed by atoms with Crippen LogP contribution in [-0.2, 0) is 6.42 Å². The lowest BCUT2D eigenvalue weighted by Crippen LogP contribution is -2.38. The number of carbonyl (C=O) groups is 1. The molecule has 1 amide bonds. The van der Waals surface area contributed by atoms with E-state index in [0.717, 1.165) is 36.9 Å². The first-order valence-corrected chi connectivity index (χ1v) is 7.23. The van der Waals surface area contributed by atoms with Crippen LogP contribution in [0.25, 0.3) is 0 Å². The SMILES string of the molecule is CC(C)C1CCCN1C(=O)c1cccc(CCN)c1. The normalized spacial score (nSPS) is 19.2. The van der Waals surface area contributed by atoms with Crippen LogP contribution in [0.1, 0.15) is 42.6 Å². The summed E-state index contributed by atoms with van der Waals surface area (Å²) in [5.41, 5.74) is 7.53. The molecule has 1 aliphatic heterocycles. The Balaban J connectivity index is 2.16. The highest BCUT2D eigenvalue weighted by Crippen LogP contribution is 2.25. The second-order valence-corrected chi connectivity index (χ2v) is 5.69. The number of carbonyl (C=O) groups excluding carboxylic acids is 1. The van der Waals surface area contributed by atoms with E-state index in [1.807, 2.05) is 29.2 Å². The molecule has 0 aromatic heterocycles. The molecule has 1 unspecified atom stereocenters. The Hall–Kier alpha value is -1.35. The van der Waals surface area contributed by atoms with Crippen molar-refractivity contribution in [3.8, 4) is 0 Å². The summed E-state index contributed by atoms with van der Waals surface area (Å²) >= 11 is 0. The molecule has 0 spiro atoms. The molecule has 1 aromatic carbocycles. The maximum absolute atomic E-state index is 12.6. The van der Waals surface area contributed by atoms with Crippen molar-refractivity contribution in [2.45, 2.75) is 39.2 Å². The average Bonchev–Trinajstić information content (AvgIpc) is 2.88. The van der Waals surface area contributed by atoms with Crippen molar-refractivity contribution < 1.29 is 4.79 Å². The van der Waals surface area contributed by atoms with Gasteiger partial charge in [-0.3, -0.25) is 4.79 Å². The minimum atomic E-state index is 0.176. The van der Waals surface area contributed by atoms with Gasteiger partial charge in [0.25, 0.3) is 5.91 Å². The first-order chi connectivity index (χ1) is 9.13. The molecule has 0 radical (unpaired) electrons. The number of likely N-dealkylation sites (tertiary alicyclic amines) is 1. The van der Waals surface area contributed by atoms with Crippen molar-refractivity contribution >= 4 is 5.91 Å². The Morgan fingerprint density at radius 3 is 2.95 bits per heavy atom. The molecule has 1 fully saturated rings. The summed E-state index contributed by atoms with van der Waals surface area (Å²) in [5, 5.41) is 0. The van der Waals surface area contributed by atoms with E-state index < -0.39 is 0 Å². The topological polar surface area (TPSA) is 46.3 Å². The van der Waals surface area contributed by atoms with E-state index in [1.54, 1.807) is 0 Å². The summed E-state index contributed by atoms with van der Waals surface area (Å²) in [5.74, 6) is 0.703. The van der Waals surface area contributed by atoms with Crippen molar-refractivity contribution in [2.24, 2.45) is 11.7 Å². The number of benzene rings is 1.